The van der Waals surface area contributed by atoms with Crippen LogP contribution in [0.4, 0.5) is 0 Å². The van der Waals surface area contributed by atoms with Crippen LogP contribution in [0.3, 0.4) is 0 Å². The number of sulfone groups is 1. The molecule has 1 aromatic rings. The average molecular weight is 309 g/mol. The second-order valence-corrected chi connectivity index (χ2v) is 6.89. The van der Waals surface area contributed by atoms with Gasteiger partial charge in [0.25, 0.3) is 0 Å². The summed E-state index contributed by atoms with van der Waals surface area (Å²) in [6.07, 6.45) is 1.37. The van der Waals surface area contributed by atoms with Gasteiger partial charge in [0.05, 0.1) is 15.8 Å². The largest absolute Gasteiger partial charge is 0.300 e. The van der Waals surface area contributed by atoms with Gasteiger partial charge in [0.2, 0.25) is 0 Å². The summed E-state index contributed by atoms with van der Waals surface area (Å²) >= 11 is 11.7. The highest BCUT2D eigenvalue weighted by Crippen LogP contribution is 2.30. The van der Waals surface area contributed by atoms with E-state index >= 15 is 0 Å². The Morgan fingerprint density at radius 1 is 1.17 bits per heavy atom. The second-order valence-electron chi connectivity index (χ2n) is 4.03. The van der Waals surface area contributed by atoms with Crippen molar-refractivity contribution in [3.05, 3.63) is 28.2 Å². The zero-order valence-corrected chi connectivity index (χ0v) is 12.3. The quantitative estimate of drug-likeness (QED) is 0.755. The molecule has 0 saturated heterocycles. The molecule has 0 aliphatic carbocycles. The van der Waals surface area contributed by atoms with E-state index in [1.54, 1.807) is 6.07 Å². The van der Waals surface area contributed by atoms with Gasteiger partial charge >= 0.3 is 0 Å². The minimum Gasteiger partial charge on any atom is -0.300 e. The van der Waals surface area contributed by atoms with Crippen molar-refractivity contribution in [2.75, 3.05) is 5.75 Å². The summed E-state index contributed by atoms with van der Waals surface area (Å²) < 4.78 is 24.1. The Balaban J connectivity index is 2.78. The van der Waals surface area contributed by atoms with Gasteiger partial charge in [0, 0.05) is 6.42 Å². The van der Waals surface area contributed by atoms with Crippen molar-refractivity contribution in [3.63, 3.8) is 0 Å². The first-order chi connectivity index (χ1) is 8.34. The fourth-order valence-electron chi connectivity index (χ4n) is 1.55. The van der Waals surface area contributed by atoms with Crippen LogP contribution in [0.15, 0.2) is 23.1 Å². The zero-order chi connectivity index (χ0) is 13.8. The van der Waals surface area contributed by atoms with Crippen LogP contribution in [0.5, 0.6) is 0 Å². The van der Waals surface area contributed by atoms with Crippen LogP contribution in [0, 0.1) is 0 Å². The molecule has 1 rings (SSSR count). The van der Waals surface area contributed by atoms with Crippen molar-refractivity contribution in [2.45, 2.75) is 31.1 Å². The molecule has 18 heavy (non-hydrogen) atoms. The van der Waals surface area contributed by atoms with Crippen LogP contribution in [0.1, 0.15) is 26.2 Å². The maximum Gasteiger partial charge on any atom is 0.181 e. The van der Waals surface area contributed by atoms with Crippen molar-refractivity contribution in [1.82, 2.24) is 0 Å². The fraction of sp³-hybridized carbons (Fsp3) is 0.417. The van der Waals surface area contributed by atoms with Gasteiger partial charge in [-0.3, -0.25) is 0 Å². The van der Waals surface area contributed by atoms with Crippen molar-refractivity contribution >= 4 is 38.8 Å². The highest BCUT2D eigenvalue weighted by atomic mass is 35.5. The van der Waals surface area contributed by atoms with E-state index in [0.717, 1.165) is 0 Å². The van der Waals surface area contributed by atoms with Crippen molar-refractivity contribution < 1.29 is 13.2 Å². The molecule has 0 radical (unpaired) electrons. The van der Waals surface area contributed by atoms with Gasteiger partial charge in [-0.1, -0.05) is 29.3 Å². The molecule has 0 aliphatic rings. The number of Topliss-reactive ketones (excluding diaryl/α,β-unsaturated/α-hetero) is 1. The number of halogens is 2. The van der Waals surface area contributed by atoms with Crippen LogP contribution in [0.2, 0.25) is 10.0 Å². The van der Waals surface area contributed by atoms with Crippen LogP contribution < -0.4 is 0 Å². The predicted molar refractivity (Wildman–Crippen MR) is 73.0 cm³/mol. The molecule has 0 atom stereocenters. The molecule has 0 amide bonds. The third kappa shape index (κ3) is 4.26. The number of unbranched alkanes of at least 4 members (excludes halogenated alkanes) is 1. The molecule has 0 saturated carbocycles. The van der Waals surface area contributed by atoms with Gasteiger partial charge in [-0.2, -0.15) is 0 Å². The first-order valence-electron chi connectivity index (χ1n) is 5.51. The van der Waals surface area contributed by atoms with Gasteiger partial charge in [-0.25, -0.2) is 8.42 Å². The minimum atomic E-state index is -3.49. The summed E-state index contributed by atoms with van der Waals surface area (Å²) in [6.45, 7) is 1.49. The summed E-state index contributed by atoms with van der Waals surface area (Å²) in [5.41, 5.74) is 0. The third-order valence-corrected chi connectivity index (χ3v) is 5.16. The monoisotopic (exact) mass is 308 g/mol. The third-order valence-electron chi connectivity index (χ3n) is 2.42. The smallest absolute Gasteiger partial charge is 0.181 e. The average Bonchev–Trinajstić information content (AvgIpc) is 2.23. The Morgan fingerprint density at radius 3 is 2.22 bits per heavy atom. The Morgan fingerprint density at radius 2 is 1.72 bits per heavy atom. The van der Waals surface area contributed by atoms with E-state index in [9.17, 15) is 13.2 Å². The molecule has 100 valence electrons. The van der Waals surface area contributed by atoms with E-state index in [1.807, 2.05) is 0 Å². The molecule has 0 unspecified atom stereocenters. The molecule has 0 aliphatic heterocycles. The zero-order valence-electron chi connectivity index (χ0n) is 9.95. The molecule has 0 N–H and O–H groups in total. The Kier molecular flexibility index (Phi) is 5.63. The van der Waals surface area contributed by atoms with Gasteiger partial charge in [0.1, 0.15) is 10.7 Å². The van der Waals surface area contributed by atoms with Crippen molar-refractivity contribution in [1.29, 1.82) is 0 Å². The Hall–Kier alpha value is -0.580. The second kappa shape index (κ2) is 6.55. The number of hydrogen-bond acceptors (Lipinski definition) is 3. The topological polar surface area (TPSA) is 51.2 Å². The van der Waals surface area contributed by atoms with Gasteiger partial charge < -0.3 is 4.79 Å². The van der Waals surface area contributed by atoms with Crippen molar-refractivity contribution in [3.8, 4) is 0 Å². The van der Waals surface area contributed by atoms with Crippen molar-refractivity contribution in [2.24, 2.45) is 0 Å². The van der Waals surface area contributed by atoms with E-state index < -0.39 is 9.84 Å². The van der Waals surface area contributed by atoms with Crippen LogP contribution >= 0.6 is 23.2 Å². The van der Waals surface area contributed by atoms with E-state index in [0.29, 0.717) is 19.3 Å². The molecule has 0 heterocycles. The molecule has 0 spiro atoms. The normalized spacial score (nSPS) is 11.5. The summed E-state index contributed by atoms with van der Waals surface area (Å²) in [4.78, 5) is 10.7. The highest BCUT2D eigenvalue weighted by Gasteiger charge is 2.21. The molecular weight excluding hydrogens is 295 g/mol. The number of rotatable bonds is 6. The van der Waals surface area contributed by atoms with Gasteiger partial charge in [-0.15, -0.1) is 0 Å². The summed E-state index contributed by atoms with van der Waals surface area (Å²) in [5.74, 6) is 0.00664. The SMILES string of the molecule is CC(=O)CCCCS(=O)(=O)c1c(Cl)cccc1Cl. The lowest BCUT2D eigenvalue weighted by molar-refractivity contribution is -0.117. The highest BCUT2D eigenvalue weighted by molar-refractivity contribution is 7.91. The van der Waals surface area contributed by atoms with E-state index in [4.69, 9.17) is 23.2 Å². The van der Waals surface area contributed by atoms with Gasteiger partial charge in [0.15, 0.2) is 9.84 Å². The van der Waals surface area contributed by atoms with Crippen LogP contribution in [0.25, 0.3) is 0 Å². The molecular formula is C12H14Cl2O3S. The van der Waals surface area contributed by atoms with E-state index in [2.05, 4.69) is 0 Å². The van der Waals surface area contributed by atoms with E-state index in [-0.39, 0.29) is 26.5 Å². The Bertz CT molecular complexity index is 518. The molecule has 0 fully saturated rings. The minimum absolute atomic E-state index is 0.0174. The standard InChI is InChI=1S/C12H14Cl2O3S/c1-9(15)5-2-3-8-18(16,17)12-10(13)6-4-7-11(12)14/h4,6-7H,2-3,5,8H2,1H3. The maximum atomic E-state index is 12.1. The molecule has 3 nitrogen and oxygen atoms in total. The Labute approximate surface area is 117 Å². The lowest BCUT2D eigenvalue weighted by Crippen LogP contribution is -2.08. The first-order valence-corrected chi connectivity index (χ1v) is 7.91. The summed E-state index contributed by atoms with van der Waals surface area (Å²) in [6, 6.07) is 4.59. The number of benzene rings is 1. The van der Waals surface area contributed by atoms with Gasteiger partial charge in [-0.05, 0) is 31.9 Å². The number of carbonyl (C=O) groups is 1. The van der Waals surface area contributed by atoms with E-state index in [1.165, 1.54) is 19.1 Å². The summed E-state index contributed by atoms with van der Waals surface area (Å²) in [5, 5.41) is 0.267. The summed E-state index contributed by atoms with van der Waals surface area (Å²) in [7, 11) is -3.49. The lowest BCUT2D eigenvalue weighted by atomic mass is 10.2. The van der Waals surface area contributed by atoms with Crippen LogP contribution in [-0.2, 0) is 14.6 Å². The number of hydrogen-bond donors (Lipinski definition) is 0. The molecule has 0 aromatic heterocycles. The lowest BCUT2D eigenvalue weighted by Gasteiger charge is -2.08. The molecule has 6 heteroatoms. The van der Waals surface area contributed by atoms with Crippen LogP contribution in [-0.4, -0.2) is 20.0 Å². The fourth-order valence-corrected chi connectivity index (χ4v) is 4.17. The predicted octanol–water partition coefficient (Wildman–Crippen LogP) is 3.53. The number of carbonyl (C=O) groups excluding carboxylic acids is 1. The number of ketones is 1. The first kappa shape index (κ1) is 15.5. The molecule has 1 aromatic carbocycles. The maximum absolute atomic E-state index is 12.1. The molecule has 0 bridgehead atoms.